The molecule has 0 aliphatic carbocycles. The topological polar surface area (TPSA) is 88.6 Å². The Bertz CT molecular complexity index is 565. The van der Waals surface area contributed by atoms with Crippen molar-refractivity contribution in [2.45, 2.75) is 31.2 Å². The Morgan fingerprint density at radius 2 is 2.14 bits per heavy atom. The monoisotopic (exact) mass is 379 g/mol. The average Bonchev–Trinajstić information content (AvgIpc) is 2.88. The number of sulfonamides is 1. The number of furan rings is 1. The first-order valence-electron chi connectivity index (χ1n) is 7.16. The molecule has 0 radical (unpaired) electrons. The molecule has 0 unspecified atom stereocenters. The van der Waals surface area contributed by atoms with Crippen molar-refractivity contribution in [2.75, 3.05) is 26.2 Å². The van der Waals surface area contributed by atoms with Gasteiger partial charge in [-0.25, -0.2) is 13.1 Å². The minimum Gasteiger partial charge on any atom is -0.452 e. The number of hydrogen-bond acceptors (Lipinski definition) is 5. The average molecular weight is 380 g/mol. The van der Waals surface area contributed by atoms with Crippen LogP contribution in [0.2, 0.25) is 0 Å². The number of likely N-dealkylation sites (tertiary alicyclic amines) is 1. The Morgan fingerprint density at radius 1 is 1.48 bits per heavy atom. The summed E-state index contributed by atoms with van der Waals surface area (Å²) in [5.74, 6) is 0.834. The van der Waals surface area contributed by atoms with Crippen LogP contribution in [0.25, 0.3) is 0 Å². The lowest BCUT2D eigenvalue weighted by Gasteiger charge is -2.30. The van der Waals surface area contributed by atoms with Gasteiger partial charge in [-0.2, -0.15) is 0 Å². The van der Waals surface area contributed by atoms with Crippen molar-refractivity contribution < 1.29 is 12.8 Å². The quantitative estimate of drug-likeness (QED) is 0.781. The van der Waals surface area contributed by atoms with Gasteiger partial charge in [0.05, 0.1) is 6.54 Å². The summed E-state index contributed by atoms with van der Waals surface area (Å²) in [4.78, 5) is 2.50. The van der Waals surface area contributed by atoms with Gasteiger partial charge in [-0.15, -0.1) is 0 Å². The predicted molar refractivity (Wildman–Crippen MR) is 84.3 cm³/mol. The Kier molecular flexibility index (Phi) is 5.84. The summed E-state index contributed by atoms with van der Waals surface area (Å²) < 4.78 is 32.7. The van der Waals surface area contributed by atoms with Crippen LogP contribution in [-0.4, -0.2) is 39.5 Å². The Morgan fingerprint density at radius 3 is 2.67 bits per heavy atom. The van der Waals surface area contributed by atoms with Gasteiger partial charge in [-0.05, 0) is 54.3 Å². The maximum Gasteiger partial charge on any atom is 0.244 e. The van der Waals surface area contributed by atoms with E-state index in [-0.39, 0.29) is 16.1 Å². The molecule has 1 aliphatic heterocycles. The van der Waals surface area contributed by atoms with E-state index in [1.165, 1.54) is 6.07 Å². The number of piperidine rings is 1. The van der Waals surface area contributed by atoms with Gasteiger partial charge >= 0.3 is 0 Å². The number of nitrogens with two attached hydrogens (primary N) is 1. The molecule has 1 saturated heterocycles. The molecule has 0 saturated carbocycles. The third kappa shape index (κ3) is 4.29. The van der Waals surface area contributed by atoms with E-state index in [0.29, 0.717) is 18.2 Å². The zero-order valence-electron chi connectivity index (χ0n) is 12.1. The molecule has 120 valence electrons. The fourth-order valence-electron chi connectivity index (χ4n) is 2.49. The maximum absolute atomic E-state index is 12.3. The van der Waals surface area contributed by atoms with E-state index in [1.54, 1.807) is 0 Å². The largest absolute Gasteiger partial charge is 0.452 e. The van der Waals surface area contributed by atoms with Crippen molar-refractivity contribution in [2.24, 2.45) is 11.7 Å². The molecule has 1 aliphatic rings. The third-order valence-electron chi connectivity index (χ3n) is 3.91. The molecule has 0 aromatic carbocycles. The summed E-state index contributed by atoms with van der Waals surface area (Å²) in [6.45, 7) is 5.92. The van der Waals surface area contributed by atoms with Crippen LogP contribution in [-0.2, 0) is 16.6 Å². The molecule has 0 bridgehead atoms. The van der Waals surface area contributed by atoms with Crippen molar-refractivity contribution in [1.82, 2.24) is 9.62 Å². The van der Waals surface area contributed by atoms with Crippen molar-refractivity contribution in [3.63, 3.8) is 0 Å². The highest BCUT2D eigenvalue weighted by molar-refractivity contribution is 9.10. The molecule has 0 atom stereocenters. The number of nitrogens with zero attached hydrogens (tertiary/aromatic N) is 1. The van der Waals surface area contributed by atoms with Gasteiger partial charge in [0.2, 0.25) is 10.0 Å². The lowest BCUT2D eigenvalue weighted by atomic mass is 9.97. The fourth-order valence-corrected chi connectivity index (χ4v) is 4.61. The predicted octanol–water partition coefficient (Wildman–Crippen LogP) is 1.51. The Labute approximate surface area is 134 Å². The van der Waals surface area contributed by atoms with Gasteiger partial charge in [0.25, 0.3) is 0 Å². The van der Waals surface area contributed by atoms with E-state index in [9.17, 15) is 8.42 Å². The summed E-state index contributed by atoms with van der Waals surface area (Å²) in [5, 5.41) is 0. The first-order valence-corrected chi connectivity index (χ1v) is 9.44. The van der Waals surface area contributed by atoms with Crippen molar-refractivity contribution in [3.05, 3.63) is 16.5 Å². The third-order valence-corrected chi connectivity index (χ3v) is 6.19. The van der Waals surface area contributed by atoms with Crippen LogP contribution in [0.3, 0.4) is 0 Å². The van der Waals surface area contributed by atoms with E-state index < -0.39 is 10.0 Å². The fraction of sp³-hybridized carbons (Fsp3) is 0.692. The normalized spacial score (nSPS) is 18.2. The molecule has 6 nitrogen and oxygen atoms in total. The Balaban J connectivity index is 1.94. The molecule has 2 heterocycles. The van der Waals surface area contributed by atoms with Crippen LogP contribution < -0.4 is 10.5 Å². The van der Waals surface area contributed by atoms with Gasteiger partial charge in [-0.1, -0.05) is 6.92 Å². The van der Waals surface area contributed by atoms with Crippen molar-refractivity contribution in [1.29, 1.82) is 0 Å². The summed E-state index contributed by atoms with van der Waals surface area (Å²) >= 11 is 3.13. The van der Waals surface area contributed by atoms with E-state index in [1.807, 2.05) is 0 Å². The summed E-state index contributed by atoms with van der Waals surface area (Å²) in [6.07, 6.45) is 2.05. The van der Waals surface area contributed by atoms with Gasteiger partial charge in [0, 0.05) is 12.6 Å². The first kappa shape index (κ1) is 17.0. The second-order valence-corrected chi connectivity index (χ2v) is 7.74. The van der Waals surface area contributed by atoms with E-state index >= 15 is 0 Å². The van der Waals surface area contributed by atoms with Gasteiger partial charge in [0.1, 0.15) is 10.7 Å². The SMILES string of the molecule is CCN1CCC(CNS(=O)(=O)c2cc(CN)oc2Br)CC1. The zero-order valence-corrected chi connectivity index (χ0v) is 14.5. The standard InChI is InChI=1S/C13H22BrN3O3S/c1-2-17-5-3-10(4-6-17)9-16-21(18,19)12-7-11(8-15)20-13(12)14/h7,10,16H,2-6,8-9,15H2,1H3. The van der Waals surface area contributed by atoms with Crippen molar-refractivity contribution >= 4 is 26.0 Å². The molecular weight excluding hydrogens is 358 g/mol. The van der Waals surface area contributed by atoms with Gasteiger partial charge < -0.3 is 15.1 Å². The lowest BCUT2D eigenvalue weighted by Crippen LogP contribution is -2.38. The number of halogens is 1. The minimum absolute atomic E-state index is 0.119. The van der Waals surface area contributed by atoms with Crippen molar-refractivity contribution in [3.8, 4) is 0 Å². The summed E-state index contributed by atoms with van der Waals surface area (Å²) in [5.41, 5.74) is 5.46. The summed E-state index contributed by atoms with van der Waals surface area (Å²) in [6, 6.07) is 1.46. The first-order chi connectivity index (χ1) is 9.96. The Hall–Kier alpha value is -0.410. The molecule has 1 aromatic rings. The molecule has 1 aromatic heterocycles. The highest BCUT2D eigenvalue weighted by atomic mass is 79.9. The van der Waals surface area contributed by atoms with Crippen LogP contribution >= 0.6 is 15.9 Å². The van der Waals surface area contributed by atoms with E-state index in [0.717, 1.165) is 32.5 Å². The van der Waals surface area contributed by atoms with E-state index in [2.05, 4.69) is 32.5 Å². The van der Waals surface area contributed by atoms with Gasteiger partial charge in [-0.3, -0.25) is 0 Å². The molecule has 2 rings (SSSR count). The molecule has 0 amide bonds. The second-order valence-electron chi connectivity index (χ2n) is 5.28. The second kappa shape index (κ2) is 7.23. The summed E-state index contributed by atoms with van der Waals surface area (Å²) in [7, 11) is -3.56. The zero-order chi connectivity index (χ0) is 15.5. The van der Waals surface area contributed by atoms with Crippen LogP contribution in [0.4, 0.5) is 0 Å². The lowest BCUT2D eigenvalue weighted by molar-refractivity contribution is 0.193. The molecule has 21 heavy (non-hydrogen) atoms. The highest BCUT2D eigenvalue weighted by Crippen LogP contribution is 2.26. The number of nitrogens with one attached hydrogen (secondary N) is 1. The highest BCUT2D eigenvalue weighted by Gasteiger charge is 2.24. The molecule has 1 fully saturated rings. The molecule has 8 heteroatoms. The van der Waals surface area contributed by atoms with Crippen LogP contribution in [0, 0.1) is 5.92 Å². The van der Waals surface area contributed by atoms with Gasteiger partial charge in [0.15, 0.2) is 4.67 Å². The maximum atomic E-state index is 12.3. The molecule has 3 N–H and O–H groups in total. The number of rotatable bonds is 6. The minimum atomic E-state index is -3.56. The molecular formula is C13H22BrN3O3S. The molecule has 0 spiro atoms. The van der Waals surface area contributed by atoms with Crippen LogP contribution in [0.15, 0.2) is 20.0 Å². The van der Waals surface area contributed by atoms with E-state index in [4.69, 9.17) is 10.2 Å². The van der Waals surface area contributed by atoms with Crippen LogP contribution in [0.5, 0.6) is 0 Å². The number of hydrogen-bond donors (Lipinski definition) is 2. The van der Waals surface area contributed by atoms with Crippen LogP contribution in [0.1, 0.15) is 25.5 Å². The smallest absolute Gasteiger partial charge is 0.244 e.